The molecule has 4 aromatic rings. The molecule has 2 aromatic heterocycles. The van der Waals surface area contributed by atoms with Gasteiger partial charge in [-0.05, 0) is 31.2 Å². The zero-order valence-corrected chi connectivity index (χ0v) is 18.2. The average molecular weight is 434 g/mol. The first-order valence-electron chi connectivity index (χ1n) is 9.31. The molecule has 0 bridgehead atoms. The van der Waals surface area contributed by atoms with E-state index in [1.54, 1.807) is 18.4 Å². The Morgan fingerprint density at radius 3 is 2.60 bits per heavy atom. The molecule has 0 radical (unpaired) electrons. The van der Waals surface area contributed by atoms with Gasteiger partial charge in [0, 0.05) is 11.1 Å². The Hall–Kier alpha value is -3.03. The largest absolute Gasteiger partial charge is 0.497 e. The van der Waals surface area contributed by atoms with E-state index in [9.17, 15) is 4.79 Å². The van der Waals surface area contributed by atoms with Gasteiger partial charge in [-0.1, -0.05) is 54.2 Å². The number of methoxy groups -OCH3 is 1. The Bertz CT molecular complexity index is 1160. The van der Waals surface area contributed by atoms with Crippen molar-refractivity contribution >= 4 is 28.9 Å². The summed E-state index contributed by atoms with van der Waals surface area (Å²) in [6, 6.07) is 20.9. The van der Waals surface area contributed by atoms with Crippen molar-refractivity contribution < 1.29 is 9.53 Å². The zero-order chi connectivity index (χ0) is 20.9. The van der Waals surface area contributed by atoms with Crippen LogP contribution < -0.4 is 4.74 Å². The number of hydrogen-bond donors (Lipinski definition) is 0. The fourth-order valence-electron chi connectivity index (χ4n) is 2.88. The van der Waals surface area contributed by atoms with Crippen LogP contribution in [-0.2, 0) is 0 Å². The molecule has 0 atom stereocenters. The average Bonchev–Trinajstić information content (AvgIpc) is 3.20. The number of ether oxygens (including phenoxy) is 1. The van der Waals surface area contributed by atoms with Crippen LogP contribution in [0.2, 0.25) is 0 Å². The molecule has 0 amide bonds. The van der Waals surface area contributed by atoms with Crippen LogP contribution in [0.1, 0.15) is 16.1 Å². The second kappa shape index (κ2) is 9.19. The molecule has 30 heavy (non-hydrogen) atoms. The zero-order valence-electron chi connectivity index (χ0n) is 16.5. The first-order chi connectivity index (χ1) is 14.6. The first-order valence-corrected chi connectivity index (χ1v) is 11.1. The summed E-state index contributed by atoms with van der Waals surface area (Å²) in [6.07, 6.45) is 0. The minimum Gasteiger partial charge on any atom is -0.497 e. The third-order valence-corrected chi connectivity index (χ3v) is 6.58. The molecule has 0 aliphatic heterocycles. The van der Waals surface area contributed by atoms with Crippen molar-refractivity contribution in [3.8, 4) is 26.9 Å². The third-order valence-electron chi connectivity index (χ3n) is 4.43. The van der Waals surface area contributed by atoms with E-state index in [1.807, 2.05) is 73.7 Å². The summed E-state index contributed by atoms with van der Waals surface area (Å²) < 4.78 is 5.31. The highest BCUT2D eigenvalue weighted by atomic mass is 32.2. The minimum absolute atomic E-state index is 0.0766. The van der Waals surface area contributed by atoms with Gasteiger partial charge in [-0.15, -0.1) is 21.5 Å². The Morgan fingerprint density at radius 1 is 1.03 bits per heavy atom. The van der Waals surface area contributed by atoms with E-state index >= 15 is 0 Å². The van der Waals surface area contributed by atoms with Crippen molar-refractivity contribution in [2.24, 2.45) is 0 Å². The molecule has 5 nitrogen and oxygen atoms in total. The van der Waals surface area contributed by atoms with E-state index < -0.39 is 0 Å². The number of Topliss-reactive ketones (excluding diaryl/α,β-unsaturated/α-hetero) is 1. The Morgan fingerprint density at radius 2 is 1.87 bits per heavy atom. The topological polar surface area (TPSA) is 65.0 Å². The highest BCUT2D eigenvalue weighted by Crippen LogP contribution is 2.35. The Labute approximate surface area is 183 Å². The molecule has 0 aliphatic rings. The fraction of sp³-hybridized carbons (Fsp3) is 0.130. The van der Waals surface area contributed by atoms with Crippen LogP contribution in [0.4, 0.5) is 0 Å². The summed E-state index contributed by atoms with van der Waals surface area (Å²) in [4.78, 5) is 17.9. The summed E-state index contributed by atoms with van der Waals surface area (Å²) in [6.45, 7) is 1.97. The van der Waals surface area contributed by atoms with Gasteiger partial charge in [0.1, 0.15) is 21.5 Å². The van der Waals surface area contributed by atoms with Crippen molar-refractivity contribution in [1.29, 1.82) is 0 Å². The molecule has 0 N–H and O–H groups in total. The lowest BCUT2D eigenvalue weighted by Gasteiger charge is -2.02. The lowest BCUT2D eigenvalue weighted by Crippen LogP contribution is -2.02. The van der Waals surface area contributed by atoms with Crippen LogP contribution in [0.15, 0.2) is 71.8 Å². The van der Waals surface area contributed by atoms with E-state index in [2.05, 4.69) is 10.2 Å². The van der Waals surface area contributed by atoms with Crippen LogP contribution in [-0.4, -0.2) is 33.8 Å². The molecule has 0 spiro atoms. The molecule has 150 valence electrons. The smallest absolute Gasteiger partial charge is 0.173 e. The normalized spacial score (nSPS) is 10.7. The lowest BCUT2D eigenvalue weighted by molar-refractivity contribution is 0.102. The molecular formula is C23H19N3O2S2. The maximum absolute atomic E-state index is 12.2. The number of carbonyl (C=O) groups excluding carboxylic acids is 1. The number of ketones is 1. The number of aromatic nitrogens is 3. The first kappa shape index (κ1) is 20.3. The number of aryl methyl sites for hydroxylation is 1. The maximum Gasteiger partial charge on any atom is 0.173 e. The molecule has 4 rings (SSSR count). The number of thiazole rings is 1. The summed E-state index contributed by atoms with van der Waals surface area (Å²) in [7, 11) is 1.65. The molecule has 0 saturated carbocycles. The standard InChI is InChI=1S/C23H19N3O2S2/c1-15-22(30-23(24-15)17-9-6-10-18(13-17)28-2)19-11-12-21(26-25-19)29-14-20(27)16-7-4-3-5-8-16/h3-13H,14H2,1-2H3. The van der Waals surface area contributed by atoms with E-state index in [4.69, 9.17) is 9.72 Å². The van der Waals surface area contributed by atoms with Gasteiger partial charge in [0.25, 0.3) is 0 Å². The monoisotopic (exact) mass is 433 g/mol. The number of hydrogen-bond acceptors (Lipinski definition) is 7. The van der Waals surface area contributed by atoms with Crippen molar-refractivity contribution in [2.75, 3.05) is 12.9 Å². The summed E-state index contributed by atoms with van der Waals surface area (Å²) in [5.74, 6) is 1.21. The van der Waals surface area contributed by atoms with Crippen molar-refractivity contribution in [1.82, 2.24) is 15.2 Å². The number of thioether (sulfide) groups is 1. The summed E-state index contributed by atoms with van der Waals surface area (Å²) >= 11 is 2.96. The number of rotatable bonds is 7. The molecule has 0 saturated heterocycles. The third kappa shape index (κ3) is 4.58. The molecule has 7 heteroatoms. The number of nitrogens with zero attached hydrogens (tertiary/aromatic N) is 3. The van der Waals surface area contributed by atoms with Crippen LogP contribution in [0.5, 0.6) is 5.75 Å². The highest BCUT2D eigenvalue weighted by Gasteiger charge is 2.14. The van der Waals surface area contributed by atoms with Crippen LogP contribution >= 0.6 is 23.1 Å². The van der Waals surface area contributed by atoms with Crippen LogP contribution in [0.25, 0.3) is 21.1 Å². The van der Waals surface area contributed by atoms with Gasteiger partial charge in [0.15, 0.2) is 5.78 Å². The Balaban J connectivity index is 1.47. The molecular weight excluding hydrogens is 414 g/mol. The molecule has 2 heterocycles. The van der Waals surface area contributed by atoms with Gasteiger partial charge in [0.2, 0.25) is 0 Å². The lowest BCUT2D eigenvalue weighted by atomic mass is 10.2. The van der Waals surface area contributed by atoms with Gasteiger partial charge in [-0.25, -0.2) is 4.98 Å². The highest BCUT2D eigenvalue weighted by molar-refractivity contribution is 7.99. The van der Waals surface area contributed by atoms with E-state index in [-0.39, 0.29) is 5.78 Å². The molecule has 0 fully saturated rings. The van der Waals surface area contributed by atoms with Gasteiger partial charge >= 0.3 is 0 Å². The summed E-state index contributed by atoms with van der Waals surface area (Å²) in [5, 5.41) is 10.3. The van der Waals surface area contributed by atoms with Gasteiger partial charge in [-0.2, -0.15) is 0 Å². The SMILES string of the molecule is COc1cccc(-c2nc(C)c(-c3ccc(SCC(=O)c4ccccc4)nn3)s2)c1. The van der Waals surface area contributed by atoms with E-state index in [0.717, 1.165) is 37.6 Å². The van der Waals surface area contributed by atoms with E-state index in [0.29, 0.717) is 11.3 Å². The number of carbonyl (C=O) groups is 1. The Kier molecular flexibility index (Phi) is 6.21. The second-order valence-corrected chi connectivity index (χ2v) is 8.49. The fourth-order valence-corrected chi connectivity index (χ4v) is 4.61. The summed E-state index contributed by atoms with van der Waals surface area (Å²) in [5.41, 5.74) is 3.40. The number of benzene rings is 2. The predicted molar refractivity (Wildman–Crippen MR) is 121 cm³/mol. The van der Waals surface area contributed by atoms with Crippen LogP contribution in [0, 0.1) is 6.92 Å². The van der Waals surface area contributed by atoms with Crippen molar-refractivity contribution in [2.45, 2.75) is 11.9 Å². The van der Waals surface area contributed by atoms with E-state index in [1.165, 1.54) is 11.8 Å². The van der Waals surface area contributed by atoms with Crippen molar-refractivity contribution in [3.63, 3.8) is 0 Å². The predicted octanol–water partition coefficient (Wildman–Crippen LogP) is 5.56. The molecule has 0 aliphatic carbocycles. The quantitative estimate of drug-likeness (QED) is 0.281. The van der Waals surface area contributed by atoms with Gasteiger partial charge in [0.05, 0.1) is 23.4 Å². The van der Waals surface area contributed by atoms with Gasteiger partial charge in [-0.3, -0.25) is 4.79 Å². The molecule has 0 unspecified atom stereocenters. The maximum atomic E-state index is 12.2. The molecule has 2 aromatic carbocycles. The van der Waals surface area contributed by atoms with Gasteiger partial charge < -0.3 is 4.74 Å². The minimum atomic E-state index is 0.0766. The van der Waals surface area contributed by atoms with Crippen LogP contribution in [0.3, 0.4) is 0 Å². The van der Waals surface area contributed by atoms with Crippen molar-refractivity contribution in [3.05, 3.63) is 78.0 Å². The second-order valence-electron chi connectivity index (χ2n) is 6.50.